The summed E-state index contributed by atoms with van der Waals surface area (Å²) in [6.45, 7) is 19.5. The Balaban J connectivity index is 1.50. The van der Waals surface area contributed by atoms with Crippen LogP contribution in [0.1, 0.15) is 118 Å². The Morgan fingerprint density at radius 1 is 1.00 bits per heavy atom. The predicted molar refractivity (Wildman–Crippen MR) is 140 cm³/mol. The lowest BCUT2D eigenvalue weighted by molar-refractivity contribution is -0.172. The summed E-state index contributed by atoms with van der Waals surface area (Å²) in [4.78, 5) is 14.4. The minimum absolute atomic E-state index is 0.0240. The summed E-state index contributed by atoms with van der Waals surface area (Å²) in [6, 6.07) is 0. The summed E-state index contributed by atoms with van der Waals surface area (Å²) in [5, 5.41) is 4.22. The molecule has 0 saturated heterocycles. The van der Waals surface area contributed by atoms with E-state index in [0.717, 1.165) is 12.2 Å². The number of hydrogen-bond donors (Lipinski definition) is 0. The number of carbonyl (C=O) groups excluding carboxylic acids is 1. The van der Waals surface area contributed by atoms with Gasteiger partial charge >= 0.3 is 0 Å². The summed E-state index contributed by atoms with van der Waals surface area (Å²) in [6.07, 6.45) is 15.0. The lowest BCUT2D eigenvalue weighted by Gasteiger charge is -2.69. The molecule has 7 atom stereocenters. The molecule has 3 saturated carbocycles. The smallest absolute Gasteiger partial charge is 0.159 e. The quantitative estimate of drug-likeness (QED) is 0.410. The van der Waals surface area contributed by atoms with Crippen LogP contribution in [-0.2, 0) is 16.6 Å². The molecule has 0 N–H and O–H groups in total. The maximum Gasteiger partial charge on any atom is 0.159 e. The van der Waals surface area contributed by atoms with Gasteiger partial charge in [0.05, 0.1) is 6.20 Å². The van der Waals surface area contributed by atoms with Crippen molar-refractivity contribution in [2.75, 3.05) is 0 Å². The number of allylic oxidation sites excluding steroid dienone is 2. The van der Waals surface area contributed by atoms with Crippen LogP contribution in [0.5, 0.6) is 0 Å². The standard InChI is InChI=1S/C32H47NO2/c1-9-32-14-12-27(2,3)18-21(32)25-22(34)16-24-29(6)17-20-19-33-35-26(20)28(4,5)23(29)10-11-30(24,7)31(25,8)13-15-32/h16,19,21,23,25H,9-15,17-18H2,1-8H3/t21?,23-,25?,29-,30+,31+,32+/m0/s1. The SMILES string of the molecule is CC[C@]12CCC(C)(C)CC1C1C(=O)C=C3[C@@]4(C)Cc5cnoc5C(C)(C)[C@@H]4CC[C@@]3(C)[C@]1(C)CC2. The first-order chi connectivity index (χ1) is 16.2. The zero-order valence-corrected chi connectivity index (χ0v) is 23.5. The molecule has 0 bridgehead atoms. The van der Waals surface area contributed by atoms with Gasteiger partial charge in [-0.3, -0.25) is 4.79 Å². The molecule has 3 heteroatoms. The summed E-state index contributed by atoms with van der Waals surface area (Å²) >= 11 is 0. The van der Waals surface area contributed by atoms with E-state index in [-0.39, 0.29) is 27.6 Å². The van der Waals surface area contributed by atoms with E-state index < -0.39 is 0 Å². The molecule has 6 rings (SSSR count). The summed E-state index contributed by atoms with van der Waals surface area (Å²) in [5.74, 6) is 2.69. The van der Waals surface area contributed by atoms with E-state index in [0.29, 0.717) is 28.4 Å². The molecule has 5 aliphatic carbocycles. The Labute approximate surface area is 212 Å². The van der Waals surface area contributed by atoms with Gasteiger partial charge in [-0.05, 0) is 96.4 Å². The van der Waals surface area contributed by atoms with Gasteiger partial charge in [0.2, 0.25) is 0 Å². The predicted octanol–water partition coefficient (Wildman–Crippen LogP) is 8.08. The second-order valence-electron chi connectivity index (χ2n) is 15.5. The third kappa shape index (κ3) is 2.79. The average Bonchev–Trinajstić information content (AvgIpc) is 3.24. The highest BCUT2D eigenvalue weighted by atomic mass is 16.5. The zero-order valence-electron chi connectivity index (χ0n) is 23.5. The van der Waals surface area contributed by atoms with Crippen molar-refractivity contribution >= 4 is 5.78 Å². The van der Waals surface area contributed by atoms with Crippen LogP contribution >= 0.6 is 0 Å². The van der Waals surface area contributed by atoms with E-state index in [1.54, 1.807) is 0 Å². The molecule has 0 amide bonds. The summed E-state index contributed by atoms with van der Waals surface area (Å²) in [7, 11) is 0. The molecule has 3 fully saturated rings. The molecular formula is C32H47NO2. The molecule has 5 aliphatic rings. The first-order valence-corrected chi connectivity index (χ1v) is 14.4. The fraction of sp³-hybridized carbons (Fsp3) is 0.812. The van der Waals surface area contributed by atoms with Crippen LogP contribution in [-0.4, -0.2) is 10.9 Å². The number of carbonyl (C=O) groups is 1. The molecule has 1 aromatic heterocycles. The van der Waals surface area contributed by atoms with Crippen LogP contribution in [0, 0.1) is 44.8 Å². The van der Waals surface area contributed by atoms with Crippen LogP contribution in [0.4, 0.5) is 0 Å². The lowest BCUT2D eigenvalue weighted by atomic mass is 9.34. The Hall–Kier alpha value is -1.38. The number of rotatable bonds is 1. The average molecular weight is 478 g/mol. The Bertz CT molecular complexity index is 1110. The maximum atomic E-state index is 14.4. The topological polar surface area (TPSA) is 43.1 Å². The van der Waals surface area contributed by atoms with Crippen LogP contribution in [0.2, 0.25) is 0 Å². The fourth-order valence-corrected chi connectivity index (χ4v) is 11.0. The van der Waals surface area contributed by atoms with Gasteiger partial charge in [-0.25, -0.2) is 0 Å². The number of aromatic nitrogens is 1. The maximum absolute atomic E-state index is 14.4. The van der Waals surface area contributed by atoms with Crippen molar-refractivity contribution in [3.63, 3.8) is 0 Å². The fourth-order valence-electron chi connectivity index (χ4n) is 11.0. The van der Waals surface area contributed by atoms with E-state index >= 15 is 0 Å². The van der Waals surface area contributed by atoms with Crippen LogP contribution in [0.25, 0.3) is 0 Å². The molecule has 0 spiro atoms. The summed E-state index contributed by atoms with van der Waals surface area (Å²) < 4.78 is 5.82. The zero-order chi connectivity index (χ0) is 25.2. The highest BCUT2D eigenvalue weighted by molar-refractivity contribution is 5.95. The van der Waals surface area contributed by atoms with E-state index in [2.05, 4.69) is 66.6 Å². The van der Waals surface area contributed by atoms with Crippen LogP contribution in [0.3, 0.4) is 0 Å². The van der Waals surface area contributed by atoms with Crippen molar-refractivity contribution in [2.45, 2.75) is 119 Å². The molecule has 1 heterocycles. The highest BCUT2D eigenvalue weighted by Gasteiger charge is 2.69. The molecule has 0 radical (unpaired) electrons. The monoisotopic (exact) mass is 477 g/mol. The van der Waals surface area contributed by atoms with Crippen molar-refractivity contribution in [3.05, 3.63) is 29.2 Å². The van der Waals surface area contributed by atoms with Crippen molar-refractivity contribution < 1.29 is 9.32 Å². The summed E-state index contributed by atoms with van der Waals surface area (Å²) in [5.41, 5.74) is 3.44. The normalized spacial score (nSPS) is 47.5. The Morgan fingerprint density at radius 3 is 2.43 bits per heavy atom. The second-order valence-corrected chi connectivity index (χ2v) is 15.5. The van der Waals surface area contributed by atoms with Crippen molar-refractivity contribution in [1.82, 2.24) is 5.16 Å². The van der Waals surface area contributed by atoms with Gasteiger partial charge in [-0.15, -0.1) is 0 Å². The highest BCUT2D eigenvalue weighted by Crippen LogP contribution is 2.75. The third-order valence-electron chi connectivity index (χ3n) is 13.2. The van der Waals surface area contributed by atoms with Crippen molar-refractivity contribution in [1.29, 1.82) is 0 Å². The first-order valence-electron chi connectivity index (χ1n) is 14.4. The van der Waals surface area contributed by atoms with Crippen molar-refractivity contribution in [2.24, 2.45) is 44.8 Å². The van der Waals surface area contributed by atoms with Gasteiger partial charge in [-0.1, -0.05) is 72.5 Å². The minimum atomic E-state index is -0.0703. The molecule has 35 heavy (non-hydrogen) atoms. The molecule has 0 aromatic carbocycles. The van der Waals surface area contributed by atoms with E-state index in [9.17, 15) is 4.79 Å². The molecule has 192 valence electrons. The van der Waals surface area contributed by atoms with Crippen LogP contribution < -0.4 is 0 Å². The van der Waals surface area contributed by atoms with Gasteiger partial charge in [-0.2, -0.15) is 0 Å². The van der Waals surface area contributed by atoms with E-state index in [1.807, 2.05) is 6.20 Å². The minimum Gasteiger partial charge on any atom is -0.361 e. The molecule has 2 unspecified atom stereocenters. The van der Waals surface area contributed by atoms with Crippen LogP contribution in [0.15, 0.2) is 22.4 Å². The van der Waals surface area contributed by atoms with E-state index in [4.69, 9.17) is 4.52 Å². The van der Waals surface area contributed by atoms with Gasteiger partial charge < -0.3 is 4.52 Å². The van der Waals surface area contributed by atoms with Gasteiger partial charge in [0, 0.05) is 16.9 Å². The first kappa shape index (κ1) is 24.0. The lowest BCUT2D eigenvalue weighted by Crippen LogP contribution is -2.65. The number of ketones is 1. The third-order valence-corrected chi connectivity index (χ3v) is 13.2. The van der Waals surface area contributed by atoms with Gasteiger partial charge in [0.1, 0.15) is 5.76 Å². The Kier molecular flexibility index (Phi) is 4.75. The van der Waals surface area contributed by atoms with Crippen molar-refractivity contribution in [3.8, 4) is 0 Å². The number of fused-ring (bicyclic) bond motifs is 8. The number of nitrogens with zero attached hydrogens (tertiary/aromatic N) is 1. The molecule has 3 nitrogen and oxygen atoms in total. The molecule has 0 aliphatic heterocycles. The largest absolute Gasteiger partial charge is 0.361 e. The second kappa shape index (κ2) is 6.93. The Morgan fingerprint density at radius 2 is 1.71 bits per heavy atom. The molecular weight excluding hydrogens is 430 g/mol. The van der Waals surface area contributed by atoms with E-state index in [1.165, 1.54) is 62.5 Å². The molecule has 1 aromatic rings. The van der Waals surface area contributed by atoms with Gasteiger partial charge in [0.15, 0.2) is 5.78 Å². The van der Waals surface area contributed by atoms with Gasteiger partial charge in [0.25, 0.3) is 0 Å². The number of hydrogen-bond acceptors (Lipinski definition) is 3.